The minimum atomic E-state index is -4.72. The number of alkyl halides is 3. The fourth-order valence-corrected chi connectivity index (χ4v) is 2.41. The number of aromatic carboxylic acids is 1. The highest BCUT2D eigenvalue weighted by atomic mass is 35.5. The van der Waals surface area contributed by atoms with E-state index in [1.807, 2.05) is 0 Å². The predicted octanol–water partition coefficient (Wildman–Crippen LogP) is 3.77. The number of carboxylic acid groups (broad SMARTS) is 1. The van der Waals surface area contributed by atoms with Crippen LogP contribution in [-0.2, 0) is 6.18 Å². The summed E-state index contributed by atoms with van der Waals surface area (Å²) in [4.78, 5) is 18.4. The summed E-state index contributed by atoms with van der Waals surface area (Å²) in [6.45, 7) is 0. The number of imidazole rings is 1. The van der Waals surface area contributed by atoms with Crippen molar-refractivity contribution in [2.24, 2.45) is 0 Å². The molecule has 0 atom stereocenters. The van der Waals surface area contributed by atoms with Gasteiger partial charge in [-0.25, -0.2) is 9.78 Å². The Bertz CT molecular complexity index is 907. The van der Waals surface area contributed by atoms with E-state index in [1.165, 1.54) is 18.6 Å². The Hall–Kier alpha value is -2.61. The van der Waals surface area contributed by atoms with Gasteiger partial charge in [-0.15, -0.1) is 0 Å². The monoisotopic (exact) mass is 341 g/mol. The van der Waals surface area contributed by atoms with Gasteiger partial charge in [0.05, 0.1) is 5.56 Å². The fraction of sp³-hybridized carbons (Fsp3) is 0.0714. The van der Waals surface area contributed by atoms with Crippen LogP contribution in [0.1, 0.15) is 16.1 Å². The second kappa shape index (κ2) is 5.24. The summed E-state index contributed by atoms with van der Waals surface area (Å²) in [6.07, 6.45) is -0.545. The van der Waals surface area contributed by atoms with Crippen molar-refractivity contribution < 1.29 is 23.1 Å². The van der Waals surface area contributed by atoms with E-state index in [0.717, 1.165) is 10.5 Å². The van der Waals surface area contributed by atoms with E-state index >= 15 is 0 Å². The van der Waals surface area contributed by atoms with Gasteiger partial charge in [0.2, 0.25) is 0 Å². The molecular weight excluding hydrogens is 335 g/mol. The maximum atomic E-state index is 13.3. The lowest BCUT2D eigenvalue weighted by Gasteiger charge is -2.11. The SMILES string of the molecule is O=C(O)c1nc2c(C(F)(F)F)cc(-c3cccnc3)cn2c1Cl. The zero-order chi connectivity index (χ0) is 16.8. The molecule has 3 rings (SSSR count). The number of fused-ring (bicyclic) bond motifs is 1. The molecule has 0 bridgehead atoms. The fourth-order valence-electron chi connectivity index (χ4n) is 2.15. The highest BCUT2D eigenvalue weighted by Gasteiger charge is 2.36. The average molecular weight is 342 g/mol. The third-order valence-electron chi connectivity index (χ3n) is 3.16. The lowest BCUT2D eigenvalue weighted by Crippen LogP contribution is -2.08. The standard InChI is InChI=1S/C14H7ClF3N3O2/c15-11-10(13(22)23)20-12-9(14(16,17)18)4-8(6-21(11)12)7-2-1-3-19-5-7/h1-6H,(H,22,23). The molecule has 23 heavy (non-hydrogen) atoms. The lowest BCUT2D eigenvalue weighted by molar-refractivity contribution is -0.136. The third kappa shape index (κ3) is 2.61. The topological polar surface area (TPSA) is 67.5 Å². The normalized spacial score (nSPS) is 11.8. The van der Waals surface area contributed by atoms with Crippen LogP contribution in [0.2, 0.25) is 5.15 Å². The summed E-state index contributed by atoms with van der Waals surface area (Å²) < 4.78 is 40.8. The summed E-state index contributed by atoms with van der Waals surface area (Å²) in [5.74, 6) is -1.50. The molecule has 9 heteroatoms. The molecule has 5 nitrogen and oxygen atoms in total. The molecule has 0 unspecified atom stereocenters. The average Bonchev–Trinajstić information content (AvgIpc) is 2.84. The molecule has 0 saturated carbocycles. The summed E-state index contributed by atoms with van der Waals surface area (Å²) in [6, 6.07) is 4.05. The van der Waals surface area contributed by atoms with Gasteiger partial charge >= 0.3 is 12.1 Å². The van der Waals surface area contributed by atoms with Crippen LogP contribution in [0, 0.1) is 0 Å². The van der Waals surface area contributed by atoms with Gasteiger partial charge < -0.3 is 5.11 Å². The van der Waals surface area contributed by atoms with Crippen LogP contribution < -0.4 is 0 Å². The zero-order valence-corrected chi connectivity index (χ0v) is 11.9. The molecule has 3 heterocycles. The highest BCUT2D eigenvalue weighted by molar-refractivity contribution is 6.32. The molecule has 0 spiro atoms. The molecule has 3 aromatic heterocycles. The van der Waals surface area contributed by atoms with Gasteiger partial charge in [-0.1, -0.05) is 17.7 Å². The van der Waals surface area contributed by atoms with Gasteiger partial charge in [-0.05, 0) is 12.1 Å². The van der Waals surface area contributed by atoms with E-state index in [-0.39, 0.29) is 5.56 Å². The molecular formula is C14H7ClF3N3O2. The number of nitrogens with zero attached hydrogens (tertiary/aromatic N) is 3. The second-order valence-electron chi connectivity index (χ2n) is 4.63. The summed E-state index contributed by atoms with van der Waals surface area (Å²) >= 11 is 5.87. The van der Waals surface area contributed by atoms with Crippen molar-refractivity contribution in [3.8, 4) is 11.1 Å². The third-order valence-corrected chi connectivity index (χ3v) is 3.53. The van der Waals surface area contributed by atoms with E-state index < -0.39 is 34.2 Å². The van der Waals surface area contributed by atoms with Crippen LogP contribution in [0.15, 0.2) is 36.8 Å². The molecule has 0 aliphatic carbocycles. The maximum absolute atomic E-state index is 13.3. The molecule has 0 aliphatic rings. The number of hydrogen-bond acceptors (Lipinski definition) is 3. The van der Waals surface area contributed by atoms with Crippen LogP contribution in [0.25, 0.3) is 16.8 Å². The molecule has 0 amide bonds. The number of halogens is 4. The minimum Gasteiger partial charge on any atom is -0.476 e. The first-order chi connectivity index (χ1) is 10.8. The van der Waals surface area contributed by atoms with Gasteiger partial charge in [-0.3, -0.25) is 9.38 Å². The minimum absolute atomic E-state index is 0.189. The maximum Gasteiger partial charge on any atom is 0.420 e. The van der Waals surface area contributed by atoms with E-state index in [0.29, 0.717) is 5.56 Å². The molecule has 1 N–H and O–H groups in total. The van der Waals surface area contributed by atoms with E-state index in [4.69, 9.17) is 16.7 Å². The Kier molecular flexibility index (Phi) is 3.48. The zero-order valence-electron chi connectivity index (χ0n) is 11.2. The summed E-state index contributed by atoms with van der Waals surface area (Å²) in [7, 11) is 0. The summed E-state index contributed by atoms with van der Waals surface area (Å²) in [5.41, 5.74) is -1.66. The van der Waals surface area contributed by atoms with Crippen LogP contribution >= 0.6 is 11.6 Å². The van der Waals surface area contributed by atoms with Crippen molar-refractivity contribution in [2.75, 3.05) is 0 Å². The Morgan fingerprint density at radius 3 is 2.61 bits per heavy atom. The number of carboxylic acids is 1. The second-order valence-corrected chi connectivity index (χ2v) is 4.99. The van der Waals surface area contributed by atoms with Gasteiger partial charge in [0.1, 0.15) is 5.15 Å². The van der Waals surface area contributed by atoms with Crippen LogP contribution in [0.5, 0.6) is 0 Å². The Balaban J connectivity index is 2.38. The van der Waals surface area contributed by atoms with Gasteiger partial charge in [0.25, 0.3) is 0 Å². The van der Waals surface area contributed by atoms with E-state index in [9.17, 15) is 18.0 Å². The molecule has 0 aromatic carbocycles. The van der Waals surface area contributed by atoms with E-state index in [2.05, 4.69) is 9.97 Å². The molecule has 0 saturated heterocycles. The Labute approximate surface area is 132 Å². The molecule has 3 aromatic rings. The summed E-state index contributed by atoms with van der Waals surface area (Å²) in [5, 5.41) is 8.60. The predicted molar refractivity (Wildman–Crippen MR) is 75.4 cm³/mol. The first-order valence-electron chi connectivity index (χ1n) is 6.21. The lowest BCUT2D eigenvalue weighted by atomic mass is 10.1. The number of aromatic nitrogens is 3. The largest absolute Gasteiger partial charge is 0.476 e. The van der Waals surface area contributed by atoms with Crippen molar-refractivity contribution in [3.63, 3.8) is 0 Å². The molecule has 0 fully saturated rings. The van der Waals surface area contributed by atoms with E-state index in [1.54, 1.807) is 12.1 Å². The molecule has 118 valence electrons. The van der Waals surface area contributed by atoms with Crippen molar-refractivity contribution in [1.29, 1.82) is 0 Å². The Morgan fingerprint density at radius 2 is 2.04 bits per heavy atom. The highest BCUT2D eigenvalue weighted by Crippen LogP contribution is 2.36. The number of pyridine rings is 2. The van der Waals surface area contributed by atoms with Gasteiger partial charge in [0.15, 0.2) is 11.3 Å². The first kappa shape index (κ1) is 15.3. The smallest absolute Gasteiger partial charge is 0.420 e. The van der Waals surface area contributed by atoms with Crippen molar-refractivity contribution >= 4 is 23.2 Å². The molecule has 0 radical (unpaired) electrons. The first-order valence-corrected chi connectivity index (χ1v) is 6.59. The number of rotatable bonds is 2. The van der Waals surface area contributed by atoms with Crippen molar-refractivity contribution in [3.05, 3.63) is 53.2 Å². The van der Waals surface area contributed by atoms with Crippen LogP contribution in [0.3, 0.4) is 0 Å². The van der Waals surface area contributed by atoms with Gasteiger partial charge in [-0.2, -0.15) is 13.2 Å². The number of carbonyl (C=O) groups is 1. The van der Waals surface area contributed by atoms with Crippen molar-refractivity contribution in [1.82, 2.24) is 14.4 Å². The van der Waals surface area contributed by atoms with Crippen LogP contribution in [-0.4, -0.2) is 25.4 Å². The number of hydrogen-bond donors (Lipinski definition) is 1. The van der Waals surface area contributed by atoms with Crippen LogP contribution in [0.4, 0.5) is 13.2 Å². The van der Waals surface area contributed by atoms with Gasteiger partial charge in [0, 0.05) is 29.7 Å². The van der Waals surface area contributed by atoms with Crippen molar-refractivity contribution in [2.45, 2.75) is 6.18 Å². The molecule has 0 aliphatic heterocycles. The quantitative estimate of drug-likeness (QED) is 0.770. The Morgan fingerprint density at radius 1 is 1.30 bits per heavy atom.